The summed E-state index contributed by atoms with van der Waals surface area (Å²) in [5.41, 5.74) is 2.27. The van der Waals surface area contributed by atoms with E-state index in [9.17, 15) is 13.2 Å². The molecule has 8 nitrogen and oxygen atoms in total. The molecule has 0 unspecified atom stereocenters. The van der Waals surface area contributed by atoms with Crippen LogP contribution in [0.4, 0.5) is 0 Å². The molecule has 9 heteroatoms. The maximum absolute atomic E-state index is 12.5. The molecule has 1 aromatic heterocycles. The predicted octanol–water partition coefficient (Wildman–Crippen LogP) is 2.79. The molecule has 0 radical (unpaired) electrons. The Labute approximate surface area is 193 Å². The first kappa shape index (κ1) is 23.1. The van der Waals surface area contributed by atoms with Crippen LogP contribution >= 0.6 is 0 Å². The van der Waals surface area contributed by atoms with E-state index >= 15 is 0 Å². The quantitative estimate of drug-likeness (QED) is 0.542. The van der Waals surface area contributed by atoms with Crippen LogP contribution in [0.3, 0.4) is 0 Å². The summed E-state index contributed by atoms with van der Waals surface area (Å²) in [6, 6.07) is 17.1. The summed E-state index contributed by atoms with van der Waals surface area (Å²) in [6.45, 7) is 4.59. The van der Waals surface area contributed by atoms with Gasteiger partial charge in [0.25, 0.3) is 0 Å². The van der Waals surface area contributed by atoms with E-state index in [-0.39, 0.29) is 34.8 Å². The standard InChI is InChI=1S/C24H28N4O4S/c1-18-7-9-21(10-8-18)33(30,31)16-13-22-26-24(32-27-22)23(29)25-20-11-14-28(15-12-20)17-19-5-3-2-4-6-19/h2-10,20H,11-17H2,1H3,(H,25,29). The van der Waals surface area contributed by atoms with Gasteiger partial charge >= 0.3 is 11.8 Å². The van der Waals surface area contributed by atoms with Crippen LogP contribution in [0.25, 0.3) is 0 Å². The zero-order valence-corrected chi connectivity index (χ0v) is 19.4. The number of rotatable bonds is 8. The Morgan fingerprint density at radius 3 is 2.48 bits per heavy atom. The number of aromatic nitrogens is 2. The third kappa shape index (κ3) is 6.27. The lowest BCUT2D eigenvalue weighted by Crippen LogP contribution is -2.44. The highest BCUT2D eigenvalue weighted by atomic mass is 32.2. The van der Waals surface area contributed by atoms with Crippen molar-refractivity contribution in [1.82, 2.24) is 20.4 Å². The van der Waals surface area contributed by atoms with Crippen LogP contribution in [-0.2, 0) is 22.8 Å². The lowest BCUT2D eigenvalue weighted by atomic mass is 10.0. The third-order valence-corrected chi connectivity index (χ3v) is 7.54. The van der Waals surface area contributed by atoms with Crippen LogP contribution in [-0.4, -0.2) is 54.2 Å². The van der Waals surface area contributed by atoms with Gasteiger partial charge in [0.15, 0.2) is 15.7 Å². The highest BCUT2D eigenvalue weighted by Gasteiger charge is 2.24. The van der Waals surface area contributed by atoms with E-state index < -0.39 is 15.7 Å². The fourth-order valence-corrected chi connectivity index (χ4v) is 5.10. The number of carbonyl (C=O) groups excluding carboxylic acids is 1. The fraction of sp³-hybridized carbons (Fsp3) is 0.375. The van der Waals surface area contributed by atoms with Crippen LogP contribution in [0.2, 0.25) is 0 Å². The number of carbonyl (C=O) groups is 1. The molecule has 1 N–H and O–H groups in total. The van der Waals surface area contributed by atoms with Crippen molar-refractivity contribution >= 4 is 15.7 Å². The van der Waals surface area contributed by atoms with Gasteiger partial charge in [0.05, 0.1) is 10.6 Å². The Morgan fingerprint density at radius 1 is 1.09 bits per heavy atom. The highest BCUT2D eigenvalue weighted by molar-refractivity contribution is 7.91. The molecule has 33 heavy (non-hydrogen) atoms. The SMILES string of the molecule is Cc1ccc(S(=O)(=O)CCc2noc(C(=O)NC3CCN(Cc4ccccc4)CC3)n2)cc1. The van der Waals surface area contributed by atoms with E-state index in [1.165, 1.54) is 5.56 Å². The summed E-state index contributed by atoms with van der Waals surface area (Å²) in [5.74, 6) is -0.508. The topological polar surface area (TPSA) is 105 Å². The van der Waals surface area contributed by atoms with Gasteiger partial charge in [-0.2, -0.15) is 4.98 Å². The van der Waals surface area contributed by atoms with Crippen LogP contribution < -0.4 is 5.32 Å². The number of likely N-dealkylation sites (tertiary alicyclic amines) is 1. The zero-order valence-electron chi connectivity index (χ0n) is 18.6. The number of nitrogens with one attached hydrogen (secondary N) is 1. The van der Waals surface area contributed by atoms with Crippen molar-refractivity contribution in [3.05, 3.63) is 77.4 Å². The number of amides is 1. The molecule has 0 aliphatic carbocycles. The molecule has 3 aromatic rings. The minimum atomic E-state index is -3.46. The summed E-state index contributed by atoms with van der Waals surface area (Å²) in [4.78, 5) is 19.2. The molecule has 2 aromatic carbocycles. The van der Waals surface area contributed by atoms with E-state index in [2.05, 4.69) is 32.5 Å². The number of aryl methyl sites for hydroxylation is 2. The van der Waals surface area contributed by atoms with Gasteiger partial charge in [0.1, 0.15) is 0 Å². The Balaban J connectivity index is 1.25. The van der Waals surface area contributed by atoms with Gasteiger partial charge in [-0.05, 0) is 37.5 Å². The van der Waals surface area contributed by atoms with Gasteiger partial charge in [0, 0.05) is 32.1 Å². The molecule has 0 bridgehead atoms. The lowest BCUT2D eigenvalue weighted by Gasteiger charge is -2.32. The van der Waals surface area contributed by atoms with Gasteiger partial charge in [-0.1, -0.05) is 53.2 Å². The minimum absolute atomic E-state index is 0.0433. The van der Waals surface area contributed by atoms with Crippen LogP contribution in [0.15, 0.2) is 64.0 Å². The molecule has 1 aliphatic rings. The van der Waals surface area contributed by atoms with E-state index in [1.807, 2.05) is 25.1 Å². The number of hydrogen-bond acceptors (Lipinski definition) is 7. The van der Waals surface area contributed by atoms with Crippen molar-refractivity contribution in [1.29, 1.82) is 0 Å². The number of sulfone groups is 1. The summed E-state index contributed by atoms with van der Waals surface area (Å²) in [7, 11) is -3.46. The van der Waals surface area contributed by atoms with E-state index in [1.54, 1.807) is 24.3 Å². The van der Waals surface area contributed by atoms with Crippen molar-refractivity contribution in [2.75, 3.05) is 18.8 Å². The van der Waals surface area contributed by atoms with E-state index in [0.29, 0.717) is 0 Å². The largest absolute Gasteiger partial charge is 0.345 e. The first-order valence-electron chi connectivity index (χ1n) is 11.1. The lowest BCUT2D eigenvalue weighted by molar-refractivity contribution is 0.0865. The Morgan fingerprint density at radius 2 is 1.79 bits per heavy atom. The second-order valence-corrected chi connectivity index (χ2v) is 10.5. The Bertz CT molecular complexity index is 1170. The average molecular weight is 469 g/mol. The van der Waals surface area contributed by atoms with Crippen molar-refractivity contribution in [3.8, 4) is 0 Å². The van der Waals surface area contributed by atoms with Gasteiger partial charge in [-0.25, -0.2) is 8.42 Å². The minimum Gasteiger partial charge on any atom is -0.345 e. The van der Waals surface area contributed by atoms with E-state index in [4.69, 9.17) is 4.52 Å². The summed E-state index contributed by atoms with van der Waals surface area (Å²) >= 11 is 0. The van der Waals surface area contributed by atoms with Gasteiger partial charge in [-0.3, -0.25) is 9.69 Å². The van der Waals surface area contributed by atoms with Gasteiger partial charge in [0.2, 0.25) is 0 Å². The maximum atomic E-state index is 12.5. The van der Waals surface area contributed by atoms with Gasteiger partial charge in [-0.15, -0.1) is 0 Å². The molecule has 0 spiro atoms. The molecule has 1 aliphatic heterocycles. The van der Waals surface area contributed by atoms with Crippen LogP contribution in [0, 0.1) is 6.92 Å². The molecule has 174 valence electrons. The summed E-state index contributed by atoms with van der Waals surface area (Å²) in [6.07, 6.45) is 1.76. The Kier molecular flexibility index (Phi) is 7.20. The van der Waals surface area contributed by atoms with Crippen molar-refractivity contribution in [2.45, 2.75) is 43.7 Å². The van der Waals surface area contributed by atoms with Crippen LogP contribution in [0.1, 0.15) is 40.5 Å². The predicted molar refractivity (Wildman–Crippen MR) is 123 cm³/mol. The fourth-order valence-electron chi connectivity index (χ4n) is 3.86. The smallest absolute Gasteiger partial charge is 0.315 e. The molecule has 0 saturated carbocycles. The molecule has 0 atom stereocenters. The van der Waals surface area contributed by atoms with Crippen molar-refractivity contribution in [2.24, 2.45) is 0 Å². The van der Waals surface area contributed by atoms with Crippen LogP contribution in [0.5, 0.6) is 0 Å². The number of piperidine rings is 1. The molecule has 1 saturated heterocycles. The van der Waals surface area contributed by atoms with Crippen molar-refractivity contribution in [3.63, 3.8) is 0 Å². The maximum Gasteiger partial charge on any atom is 0.315 e. The number of hydrogen-bond donors (Lipinski definition) is 1. The second-order valence-electron chi connectivity index (χ2n) is 8.41. The normalized spacial score (nSPS) is 15.4. The highest BCUT2D eigenvalue weighted by Crippen LogP contribution is 2.15. The van der Waals surface area contributed by atoms with Gasteiger partial charge < -0.3 is 9.84 Å². The molecule has 4 rings (SSSR count). The Hall–Kier alpha value is -3.04. The monoisotopic (exact) mass is 468 g/mol. The number of benzene rings is 2. The molecular formula is C24H28N4O4S. The molecule has 1 fully saturated rings. The van der Waals surface area contributed by atoms with Crippen molar-refractivity contribution < 1.29 is 17.7 Å². The van der Waals surface area contributed by atoms with E-state index in [0.717, 1.165) is 38.0 Å². The average Bonchev–Trinajstić information content (AvgIpc) is 3.30. The molecular weight excluding hydrogens is 440 g/mol. The molecule has 1 amide bonds. The first-order chi connectivity index (χ1) is 15.9. The third-order valence-electron chi connectivity index (χ3n) is 5.81. The zero-order chi connectivity index (χ0) is 23.3. The summed E-state index contributed by atoms with van der Waals surface area (Å²) < 4.78 is 30.1. The first-order valence-corrected chi connectivity index (χ1v) is 12.7. The summed E-state index contributed by atoms with van der Waals surface area (Å²) in [5, 5.41) is 6.74. The second kappa shape index (κ2) is 10.3. The molecule has 2 heterocycles. The number of nitrogens with zero attached hydrogens (tertiary/aromatic N) is 3.